The standard InChI is InChI=1S/C21H29N3O5S/c1-21(2,3)29-20(25)23-12-9-17(10-13-23)28-19-11-14-24(15-22-19)16-5-7-18(8-6-16)30(4,26)27/h5-8,11,15,17H,9-10,12-14H2,1-4H3. The zero-order valence-electron chi connectivity index (χ0n) is 17.9. The van der Waals surface area contributed by atoms with Gasteiger partial charge >= 0.3 is 6.09 Å². The molecule has 0 aliphatic carbocycles. The molecule has 9 heteroatoms. The van der Waals surface area contributed by atoms with Gasteiger partial charge in [0.2, 0.25) is 5.88 Å². The maximum atomic E-state index is 12.1. The fourth-order valence-electron chi connectivity index (χ4n) is 3.19. The molecule has 0 radical (unpaired) electrons. The van der Waals surface area contributed by atoms with Gasteiger partial charge in [-0.3, -0.25) is 0 Å². The second kappa shape index (κ2) is 8.67. The van der Waals surface area contributed by atoms with Crippen molar-refractivity contribution in [3.05, 3.63) is 36.2 Å². The van der Waals surface area contributed by atoms with E-state index in [1.54, 1.807) is 35.5 Å². The molecular weight excluding hydrogens is 406 g/mol. The average Bonchev–Trinajstić information content (AvgIpc) is 2.67. The molecule has 164 valence electrons. The Hall–Kier alpha value is -2.55. The molecule has 1 saturated heterocycles. The first-order chi connectivity index (χ1) is 14.0. The van der Waals surface area contributed by atoms with Crippen molar-refractivity contribution in [2.24, 2.45) is 4.99 Å². The summed E-state index contributed by atoms with van der Waals surface area (Å²) in [5, 5.41) is 0. The van der Waals surface area contributed by atoms with Crippen molar-refractivity contribution >= 4 is 28.0 Å². The van der Waals surface area contributed by atoms with E-state index >= 15 is 0 Å². The number of rotatable bonds is 4. The molecule has 1 aromatic rings. The van der Waals surface area contributed by atoms with Gasteiger partial charge in [-0.1, -0.05) is 0 Å². The molecule has 30 heavy (non-hydrogen) atoms. The summed E-state index contributed by atoms with van der Waals surface area (Å²) in [6.45, 7) is 7.34. The van der Waals surface area contributed by atoms with E-state index < -0.39 is 15.4 Å². The highest BCUT2D eigenvalue weighted by Crippen LogP contribution is 2.22. The minimum Gasteiger partial charge on any atom is -0.474 e. The Morgan fingerprint density at radius 1 is 1.13 bits per heavy atom. The molecule has 3 rings (SSSR count). The first-order valence-corrected chi connectivity index (χ1v) is 11.9. The van der Waals surface area contributed by atoms with Crippen molar-refractivity contribution in [3.8, 4) is 0 Å². The van der Waals surface area contributed by atoms with Gasteiger partial charge in [-0.05, 0) is 51.1 Å². The van der Waals surface area contributed by atoms with Gasteiger partial charge in [0.1, 0.15) is 11.7 Å². The molecule has 2 heterocycles. The number of benzene rings is 1. The monoisotopic (exact) mass is 435 g/mol. The van der Waals surface area contributed by atoms with Crippen LogP contribution < -0.4 is 4.90 Å². The number of aliphatic imine (C=N–C) groups is 1. The van der Waals surface area contributed by atoms with Crippen LogP contribution in [0.3, 0.4) is 0 Å². The molecule has 0 spiro atoms. The summed E-state index contributed by atoms with van der Waals surface area (Å²) in [4.78, 5) is 20.4. The maximum absolute atomic E-state index is 12.1. The van der Waals surface area contributed by atoms with Gasteiger partial charge in [0, 0.05) is 44.4 Å². The lowest BCUT2D eigenvalue weighted by Gasteiger charge is -2.33. The third-order valence-electron chi connectivity index (χ3n) is 4.76. The predicted octanol–water partition coefficient (Wildman–Crippen LogP) is 3.20. The van der Waals surface area contributed by atoms with Gasteiger partial charge in [0.05, 0.1) is 11.2 Å². The van der Waals surface area contributed by atoms with Crippen LogP contribution in [0.5, 0.6) is 0 Å². The van der Waals surface area contributed by atoms with Crippen LogP contribution in [0.4, 0.5) is 10.5 Å². The number of anilines is 1. The number of piperidine rings is 1. The number of carbonyl (C=O) groups is 1. The Morgan fingerprint density at radius 2 is 1.77 bits per heavy atom. The van der Waals surface area contributed by atoms with Crippen LogP contribution in [0, 0.1) is 0 Å². The highest BCUT2D eigenvalue weighted by molar-refractivity contribution is 7.90. The van der Waals surface area contributed by atoms with E-state index in [0.29, 0.717) is 25.5 Å². The van der Waals surface area contributed by atoms with Crippen LogP contribution in [0.2, 0.25) is 0 Å². The van der Waals surface area contributed by atoms with E-state index in [4.69, 9.17) is 9.47 Å². The fraction of sp³-hybridized carbons (Fsp3) is 0.524. The summed E-state index contributed by atoms with van der Waals surface area (Å²) in [7, 11) is -3.21. The second-order valence-electron chi connectivity index (χ2n) is 8.49. The van der Waals surface area contributed by atoms with E-state index in [1.165, 1.54) is 6.26 Å². The number of carbonyl (C=O) groups excluding carboxylic acids is 1. The molecule has 2 aliphatic heterocycles. The highest BCUT2D eigenvalue weighted by Gasteiger charge is 2.28. The van der Waals surface area contributed by atoms with Crippen molar-refractivity contribution in [3.63, 3.8) is 0 Å². The smallest absolute Gasteiger partial charge is 0.410 e. The van der Waals surface area contributed by atoms with Crippen molar-refractivity contribution in [2.75, 3.05) is 30.8 Å². The normalized spacial score (nSPS) is 18.2. The van der Waals surface area contributed by atoms with Gasteiger partial charge in [-0.15, -0.1) is 0 Å². The van der Waals surface area contributed by atoms with Gasteiger partial charge in [0.15, 0.2) is 9.84 Å². The minimum absolute atomic E-state index is 0.00711. The average molecular weight is 436 g/mol. The number of hydrogen-bond donors (Lipinski definition) is 0. The third-order valence-corrected chi connectivity index (χ3v) is 5.89. The lowest BCUT2D eigenvalue weighted by Crippen LogP contribution is -2.43. The van der Waals surface area contributed by atoms with E-state index in [0.717, 1.165) is 18.5 Å². The molecule has 0 saturated carbocycles. The fourth-order valence-corrected chi connectivity index (χ4v) is 3.82. The Kier molecular flexibility index (Phi) is 6.40. The van der Waals surface area contributed by atoms with Crippen LogP contribution in [-0.2, 0) is 19.3 Å². The lowest BCUT2D eigenvalue weighted by molar-refractivity contribution is 0.00408. The van der Waals surface area contributed by atoms with Gasteiger partial charge in [0.25, 0.3) is 0 Å². The summed E-state index contributed by atoms with van der Waals surface area (Å²) in [6.07, 6.45) is 5.94. The molecule has 0 bridgehead atoms. The second-order valence-corrected chi connectivity index (χ2v) is 10.5. The number of amides is 1. The summed E-state index contributed by atoms with van der Waals surface area (Å²) < 4.78 is 34.6. The molecular formula is C21H29N3O5S. The van der Waals surface area contributed by atoms with E-state index in [2.05, 4.69) is 4.99 Å². The summed E-state index contributed by atoms with van der Waals surface area (Å²) in [6, 6.07) is 6.70. The van der Waals surface area contributed by atoms with Crippen LogP contribution in [0.1, 0.15) is 33.6 Å². The zero-order valence-corrected chi connectivity index (χ0v) is 18.7. The molecule has 1 amide bonds. The quantitative estimate of drug-likeness (QED) is 0.722. The maximum Gasteiger partial charge on any atom is 0.410 e. The number of likely N-dealkylation sites (tertiary alicyclic amines) is 1. The van der Waals surface area contributed by atoms with Crippen LogP contribution in [0.15, 0.2) is 46.1 Å². The summed E-state index contributed by atoms with van der Waals surface area (Å²) in [5.41, 5.74) is 0.357. The molecule has 8 nitrogen and oxygen atoms in total. The predicted molar refractivity (Wildman–Crippen MR) is 115 cm³/mol. The number of nitrogens with zero attached hydrogens (tertiary/aromatic N) is 3. The Balaban J connectivity index is 1.48. The first-order valence-electron chi connectivity index (χ1n) is 9.97. The molecule has 1 fully saturated rings. The van der Waals surface area contributed by atoms with Crippen molar-refractivity contribution in [1.29, 1.82) is 0 Å². The summed E-state index contributed by atoms with van der Waals surface area (Å²) >= 11 is 0. The van der Waals surface area contributed by atoms with Gasteiger partial charge in [-0.2, -0.15) is 0 Å². The minimum atomic E-state index is -3.21. The molecule has 2 aliphatic rings. The first kappa shape index (κ1) is 22.1. The number of ether oxygens (including phenoxy) is 2. The van der Waals surface area contributed by atoms with Crippen molar-refractivity contribution < 1.29 is 22.7 Å². The summed E-state index contributed by atoms with van der Waals surface area (Å²) in [5.74, 6) is 0.565. The van der Waals surface area contributed by atoms with E-state index in [1.807, 2.05) is 31.7 Å². The van der Waals surface area contributed by atoms with Gasteiger partial charge < -0.3 is 19.3 Å². The Bertz CT molecular complexity index is 924. The topological polar surface area (TPSA) is 88.5 Å². The largest absolute Gasteiger partial charge is 0.474 e. The van der Waals surface area contributed by atoms with Crippen LogP contribution >= 0.6 is 0 Å². The SMILES string of the molecule is CC(C)(C)OC(=O)N1CCC(OC2=CCN(c3ccc(S(C)(=O)=O)cc3)C=N2)CC1. The highest BCUT2D eigenvalue weighted by atomic mass is 32.2. The molecule has 0 atom stereocenters. The number of sulfone groups is 1. The van der Waals surface area contributed by atoms with Gasteiger partial charge in [-0.25, -0.2) is 18.2 Å². The Labute approximate surface area is 178 Å². The van der Waals surface area contributed by atoms with Crippen molar-refractivity contribution in [1.82, 2.24) is 4.90 Å². The molecule has 0 unspecified atom stereocenters. The Morgan fingerprint density at radius 3 is 2.27 bits per heavy atom. The zero-order chi connectivity index (χ0) is 21.9. The van der Waals surface area contributed by atoms with Crippen LogP contribution in [-0.4, -0.2) is 63.3 Å². The van der Waals surface area contributed by atoms with E-state index in [-0.39, 0.29) is 17.1 Å². The third kappa shape index (κ3) is 5.98. The van der Waals surface area contributed by atoms with E-state index in [9.17, 15) is 13.2 Å². The molecule has 0 aromatic heterocycles. The van der Waals surface area contributed by atoms with Crippen LogP contribution in [0.25, 0.3) is 0 Å². The number of hydrogen-bond acceptors (Lipinski definition) is 7. The molecule has 0 N–H and O–H groups in total. The molecule has 1 aromatic carbocycles. The van der Waals surface area contributed by atoms with Crippen molar-refractivity contribution in [2.45, 2.75) is 50.2 Å². The lowest BCUT2D eigenvalue weighted by atomic mass is 10.1.